The number of carbonyl (C=O) groups excluding carboxylic acids is 2. The lowest BCUT2D eigenvalue weighted by molar-refractivity contribution is -0.461. The van der Waals surface area contributed by atoms with Gasteiger partial charge in [-0.05, 0) is 82.7 Å². The van der Waals surface area contributed by atoms with Crippen LogP contribution >= 0.6 is 23.5 Å². The summed E-state index contributed by atoms with van der Waals surface area (Å²) in [5.41, 5.74) is -2.54. The molecule has 4 nitrogen and oxygen atoms in total. The van der Waals surface area contributed by atoms with Crippen LogP contribution in [0.1, 0.15) is 108 Å². The molecule has 0 atom stereocenters. The molecular formula is C52H44F34O4S2. The fourth-order valence-electron chi connectivity index (χ4n) is 7.58. The third kappa shape index (κ3) is 14.0. The van der Waals surface area contributed by atoms with E-state index >= 15 is 0 Å². The van der Waals surface area contributed by atoms with Crippen LogP contribution in [-0.4, -0.2) is 119 Å². The van der Waals surface area contributed by atoms with Gasteiger partial charge in [0.2, 0.25) is 0 Å². The third-order valence-corrected chi connectivity index (χ3v) is 15.4. The maximum absolute atomic E-state index is 14.7. The number of carbonyl (C=O) groups is 2. The Hall–Kier alpha value is -5.08. The fourth-order valence-corrected chi connectivity index (χ4v) is 9.54. The van der Waals surface area contributed by atoms with Crippen LogP contribution in [0.3, 0.4) is 0 Å². The molecule has 0 radical (unpaired) electrons. The molecule has 0 spiro atoms. The standard InChI is InChI=1S/C52H44F34O4S2/c1-23-17-29(35(3,4)5)19-27(21-91-15-13-37(53,54)39(57,58)41(61,62)43(65,66)45(69,70)47(73,74)49(77,78)51(81,82)83)31(23)89-33(87)25-9-11-26(12-10-25)34(88)90-32-24(2)18-30(36(6,7)8)20-28(32)22-92-16-14-38(55,56)40(59,60)42(63,64)44(67,68)46(71,72)48(75,76)50(79,80)52(84,85)86/h9-12,17-20H,13-16,21-22H2,1-8H3. The first-order valence-electron chi connectivity index (χ1n) is 24.8. The van der Waals surface area contributed by atoms with Gasteiger partial charge < -0.3 is 9.47 Å². The molecule has 40 heteroatoms. The summed E-state index contributed by atoms with van der Waals surface area (Å²) >= 11 is -0.00248. The topological polar surface area (TPSA) is 52.6 Å². The summed E-state index contributed by atoms with van der Waals surface area (Å²) in [7, 11) is 0. The van der Waals surface area contributed by atoms with E-state index in [2.05, 4.69) is 0 Å². The quantitative estimate of drug-likeness (QED) is 0.0346. The van der Waals surface area contributed by atoms with Crippen molar-refractivity contribution in [2.75, 3.05) is 11.5 Å². The molecule has 526 valence electrons. The number of rotatable bonds is 26. The molecule has 0 aliphatic rings. The van der Waals surface area contributed by atoms with E-state index in [0.717, 1.165) is 24.3 Å². The minimum Gasteiger partial charge on any atom is -0.422 e. The van der Waals surface area contributed by atoms with Crippen LogP contribution in [0.15, 0.2) is 48.5 Å². The van der Waals surface area contributed by atoms with Crippen LogP contribution in [0, 0.1) is 13.8 Å². The zero-order valence-electron chi connectivity index (χ0n) is 47.2. The maximum atomic E-state index is 14.7. The van der Waals surface area contributed by atoms with Gasteiger partial charge in [-0.15, -0.1) is 0 Å². The lowest BCUT2D eigenvalue weighted by Crippen LogP contribution is -2.74. The second-order valence-electron chi connectivity index (χ2n) is 22.3. The van der Waals surface area contributed by atoms with E-state index in [1.807, 2.05) is 0 Å². The van der Waals surface area contributed by atoms with Crippen molar-refractivity contribution < 1.29 is 168 Å². The van der Waals surface area contributed by atoms with Crippen molar-refractivity contribution in [3.05, 3.63) is 93.0 Å². The number of halogens is 34. The fraction of sp³-hybridized carbons (Fsp3) is 0.615. The molecule has 0 aromatic heterocycles. The van der Waals surface area contributed by atoms with E-state index in [1.165, 1.54) is 38.1 Å². The summed E-state index contributed by atoms with van der Waals surface area (Å²) in [6, 6.07) is 8.55. The minimum atomic E-state index is -8.83. The van der Waals surface area contributed by atoms with Crippen molar-refractivity contribution >= 4 is 35.5 Å². The molecule has 3 rings (SSSR count). The summed E-state index contributed by atoms with van der Waals surface area (Å²) in [6.45, 7) is 11.9. The highest BCUT2D eigenvalue weighted by atomic mass is 32.2. The van der Waals surface area contributed by atoms with Crippen molar-refractivity contribution in [3.8, 4) is 11.5 Å². The van der Waals surface area contributed by atoms with E-state index in [-0.39, 0.29) is 45.8 Å². The zero-order valence-corrected chi connectivity index (χ0v) is 48.8. The first-order valence-corrected chi connectivity index (χ1v) is 27.2. The summed E-state index contributed by atoms with van der Waals surface area (Å²) in [5, 5.41) is 0. The lowest BCUT2D eigenvalue weighted by Gasteiger charge is -2.42. The summed E-state index contributed by atoms with van der Waals surface area (Å²) in [5.74, 6) is -124. The molecular weight excluding hydrogens is 1400 g/mol. The third-order valence-electron chi connectivity index (χ3n) is 13.4. The van der Waals surface area contributed by atoms with Crippen LogP contribution in [-0.2, 0) is 22.3 Å². The lowest BCUT2D eigenvalue weighted by atomic mass is 9.85. The maximum Gasteiger partial charge on any atom is 0.460 e. The van der Waals surface area contributed by atoms with Crippen molar-refractivity contribution in [1.29, 1.82) is 0 Å². The van der Waals surface area contributed by atoms with Crippen LogP contribution in [0.25, 0.3) is 0 Å². The highest BCUT2D eigenvalue weighted by Gasteiger charge is 2.97. The van der Waals surface area contributed by atoms with Gasteiger partial charge in [-0.2, -0.15) is 173 Å². The molecule has 0 heterocycles. The Morgan fingerprint density at radius 2 is 0.554 bits per heavy atom. The Kier molecular flexibility index (Phi) is 22.2. The Morgan fingerprint density at radius 3 is 0.772 bits per heavy atom. The molecule has 0 N–H and O–H groups in total. The molecule has 0 unspecified atom stereocenters. The van der Waals surface area contributed by atoms with Gasteiger partial charge in [-0.1, -0.05) is 65.8 Å². The Balaban J connectivity index is 1.89. The zero-order chi connectivity index (χ0) is 72.7. The van der Waals surface area contributed by atoms with Gasteiger partial charge in [0.15, 0.2) is 0 Å². The van der Waals surface area contributed by atoms with E-state index < -0.39 is 177 Å². The Bertz CT molecular complexity index is 2930. The van der Waals surface area contributed by atoms with E-state index in [4.69, 9.17) is 9.47 Å². The van der Waals surface area contributed by atoms with Gasteiger partial charge in [0.25, 0.3) is 0 Å². The number of hydrogen-bond acceptors (Lipinski definition) is 6. The molecule has 0 aliphatic heterocycles. The number of thioether (sulfide) groups is 2. The van der Waals surface area contributed by atoms with Gasteiger partial charge >= 0.3 is 107 Å². The molecule has 3 aromatic carbocycles. The normalized spacial score (nSPS) is 15.1. The largest absolute Gasteiger partial charge is 0.460 e. The van der Waals surface area contributed by atoms with E-state index in [9.17, 15) is 159 Å². The van der Waals surface area contributed by atoms with Crippen molar-refractivity contribution in [2.45, 2.75) is 186 Å². The predicted molar refractivity (Wildman–Crippen MR) is 259 cm³/mol. The van der Waals surface area contributed by atoms with Gasteiger partial charge in [0, 0.05) is 35.5 Å². The van der Waals surface area contributed by atoms with Crippen LogP contribution in [0.4, 0.5) is 149 Å². The SMILES string of the molecule is Cc1cc(C(C)(C)C)cc(CSCCC(F)(F)C(F)(F)C(F)(F)C(F)(F)C(F)(F)C(F)(F)C(F)(F)C(F)(F)F)c1OC(=O)c1ccc(C(=O)Oc2c(C)cc(C(C)(C)C)cc2CSCCC(F)(F)C(F)(F)C(F)(F)C(F)(F)C(F)(F)C(F)(F)C(F)(F)C(F)(F)F)cc1. The molecule has 0 saturated carbocycles. The second-order valence-corrected chi connectivity index (χ2v) is 24.5. The Labute approximate surface area is 504 Å². The smallest absolute Gasteiger partial charge is 0.422 e. The minimum absolute atomic E-state index is 0.00124. The molecule has 3 aromatic rings. The van der Waals surface area contributed by atoms with Gasteiger partial charge in [0.1, 0.15) is 11.5 Å². The first kappa shape index (κ1) is 81.2. The van der Waals surface area contributed by atoms with Crippen LogP contribution in [0.5, 0.6) is 11.5 Å². The highest BCUT2D eigenvalue weighted by Crippen LogP contribution is 2.66. The Morgan fingerprint density at radius 1 is 0.337 bits per heavy atom. The van der Waals surface area contributed by atoms with Gasteiger partial charge in [0.05, 0.1) is 11.1 Å². The summed E-state index contributed by atoms with van der Waals surface area (Å²) in [6.07, 6.45) is -21.4. The van der Waals surface area contributed by atoms with Gasteiger partial charge in [-0.25, -0.2) is 9.59 Å². The average Bonchev–Trinajstić information content (AvgIpc) is 0.703. The molecule has 92 heavy (non-hydrogen) atoms. The molecule has 0 saturated heterocycles. The van der Waals surface area contributed by atoms with Crippen molar-refractivity contribution in [2.24, 2.45) is 0 Å². The summed E-state index contributed by atoms with van der Waals surface area (Å²) in [4.78, 5) is 27.0. The number of hydrogen-bond donors (Lipinski definition) is 0. The summed E-state index contributed by atoms with van der Waals surface area (Å²) < 4.78 is 481. The van der Waals surface area contributed by atoms with Crippen LogP contribution < -0.4 is 9.47 Å². The second kappa shape index (κ2) is 25.2. The molecule has 0 fully saturated rings. The average molecular weight is 1440 g/mol. The number of ether oxygens (including phenoxy) is 2. The highest BCUT2D eigenvalue weighted by molar-refractivity contribution is 7.98. The van der Waals surface area contributed by atoms with E-state index in [1.54, 1.807) is 41.5 Å². The number of benzene rings is 3. The molecule has 0 amide bonds. The first-order chi connectivity index (χ1) is 40.4. The number of aryl methyl sites for hydroxylation is 2. The van der Waals surface area contributed by atoms with E-state index in [0.29, 0.717) is 11.1 Å². The monoisotopic (exact) mass is 1440 g/mol. The number of alkyl halides is 34. The number of esters is 2. The molecule has 0 aliphatic carbocycles. The van der Waals surface area contributed by atoms with Gasteiger partial charge in [-0.3, -0.25) is 0 Å². The van der Waals surface area contributed by atoms with Crippen LogP contribution in [0.2, 0.25) is 0 Å². The van der Waals surface area contributed by atoms with Crippen molar-refractivity contribution in [1.82, 2.24) is 0 Å². The van der Waals surface area contributed by atoms with Crippen molar-refractivity contribution in [3.63, 3.8) is 0 Å². The predicted octanol–water partition coefficient (Wildman–Crippen LogP) is 20.6. The molecule has 0 bridgehead atoms.